The molecule has 0 radical (unpaired) electrons. The van der Waals surface area contributed by atoms with E-state index in [0.29, 0.717) is 5.76 Å². The SMILES string of the molecule is O=C(c1ccco1)C1CC=CCC1. The van der Waals surface area contributed by atoms with Gasteiger partial charge in [-0.3, -0.25) is 4.79 Å². The van der Waals surface area contributed by atoms with E-state index in [2.05, 4.69) is 12.2 Å². The van der Waals surface area contributed by atoms with Crippen LogP contribution in [0.3, 0.4) is 0 Å². The summed E-state index contributed by atoms with van der Waals surface area (Å²) >= 11 is 0. The Bertz CT molecular complexity index is 309. The van der Waals surface area contributed by atoms with Crippen molar-refractivity contribution in [3.63, 3.8) is 0 Å². The Morgan fingerprint density at radius 3 is 3.00 bits per heavy atom. The second-order valence-electron chi connectivity index (χ2n) is 3.32. The summed E-state index contributed by atoms with van der Waals surface area (Å²) in [6.45, 7) is 0. The lowest BCUT2D eigenvalue weighted by Gasteiger charge is -2.14. The molecule has 2 heteroatoms. The van der Waals surface area contributed by atoms with Gasteiger partial charge >= 0.3 is 0 Å². The van der Waals surface area contributed by atoms with Crippen LogP contribution in [0.25, 0.3) is 0 Å². The van der Waals surface area contributed by atoms with Gasteiger partial charge in [-0.2, -0.15) is 0 Å². The van der Waals surface area contributed by atoms with E-state index in [4.69, 9.17) is 4.42 Å². The average molecular weight is 176 g/mol. The highest BCUT2D eigenvalue weighted by molar-refractivity contribution is 5.95. The highest BCUT2D eigenvalue weighted by Crippen LogP contribution is 2.22. The molecule has 2 rings (SSSR count). The number of carbonyl (C=O) groups excluding carboxylic acids is 1. The Kier molecular flexibility index (Phi) is 2.30. The molecular weight excluding hydrogens is 164 g/mol. The van der Waals surface area contributed by atoms with Crippen LogP contribution in [0.15, 0.2) is 35.0 Å². The first-order valence-electron chi connectivity index (χ1n) is 4.60. The fraction of sp³-hybridized carbons (Fsp3) is 0.364. The minimum atomic E-state index is 0.135. The molecule has 0 bridgehead atoms. The second kappa shape index (κ2) is 3.60. The van der Waals surface area contributed by atoms with Gasteiger partial charge in [0.1, 0.15) is 0 Å². The quantitative estimate of drug-likeness (QED) is 0.512. The minimum Gasteiger partial charge on any atom is -0.461 e. The Morgan fingerprint density at radius 2 is 2.38 bits per heavy atom. The fourth-order valence-electron chi connectivity index (χ4n) is 1.65. The molecule has 2 nitrogen and oxygen atoms in total. The number of rotatable bonds is 2. The zero-order valence-corrected chi connectivity index (χ0v) is 7.40. The van der Waals surface area contributed by atoms with Crippen LogP contribution in [-0.2, 0) is 0 Å². The largest absolute Gasteiger partial charge is 0.461 e. The highest BCUT2D eigenvalue weighted by atomic mass is 16.3. The van der Waals surface area contributed by atoms with Gasteiger partial charge in [0, 0.05) is 5.92 Å². The van der Waals surface area contributed by atoms with E-state index in [1.54, 1.807) is 18.4 Å². The first-order valence-corrected chi connectivity index (χ1v) is 4.60. The van der Waals surface area contributed by atoms with Gasteiger partial charge in [-0.1, -0.05) is 12.2 Å². The average Bonchev–Trinajstić information content (AvgIpc) is 2.71. The standard InChI is InChI=1S/C11H12O2/c12-11(10-7-4-8-13-10)9-5-2-1-3-6-9/h1-2,4,7-9H,3,5-6H2. The number of ketones is 1. The van der Waals surface area contributed by atoms with Gasteiger partial charge in [0.25, 0.3) is 0 Å². The molecule has 0 N–H and O–H groups in total. The molecule has 1 heterocycles. The summed E-state index contributed by atoms with van der Waals surface area (Å²) in [5, 5.41) is 0. The van der Waals surface area contributed by atoms with Crippen molar-refractivity contribution in [3.05, 3.63) is 36.3 Å². The van der Waals surface area contributed by atoms with Crippen LogP contribution in [-0.4, -0.2) is 5.78 Å². The van der Waals surface area contributed by atoms with Crippen molar-refractivity contribution in [2.45, 2.75) is 19.3 Å². The van der Waals surface area contributed by atoms with E-state index in [1.165, 1.54) is 0 Å². The van der Waals surface area contributed by atoms with Gasteiger partial charge in [-0.05, 0) is 31.4 Å². The van der Waals surface area contributed by atoms with Crippen LogP contribution in [0, 0.1) is 5.92 Å². The molecular formula is C11H12O2. The number of hydrogen-bond acceptors (Lipinski definition) is 2. The van der Waals surface area contributed by atoms with Crippen molar-refractivity contribution in [1.82, 2.24) is 0 Å². The molecule has 1 unspecified atom stereocenters. The number of Topliss-reactive ketones (excluding diaryl/α,β-unsaturated/α-hetero) is 1. The normalized spacial score (nSPS) is 21.7. The highest BCUT2D eigenvalue weighted by Gasteiger charge is 2.21. The van der Waals surface area contributed by atoms with E-state index >= 15 is 0 Å². The van der Waals surface area contributed by atoms with Gasteiger partial charge in [0.15, 0.2) is 5.76 Å². The van der Waals surface area contributed by atoms with Gasteiger partial charge in [-0.25, -0.2) is 0 Å². The topological polar surface area (TPSA) is 30.2 Å². The number of furan rings is 1. The van der Waals surface area contributed by atoms with Crippen molar-refractivity contribution >= 4 is 5.78 Å². The van der Waals surface area contributed by atoms with Gasteiger partial charge in [0.05, 0.1) is 6.26 Å². The van der Waals surface area contributed by atoms with Crippen molar-refractivity contribution in [2.75, 3.05) is 0 Å². The number of carbonyl (C=O) groups is 1. The molecule has 0 aromatic carbocycles. The lowest BCUT2D eigenvalue weighted by Crippen LogP contribution is -2.15. The zero-order valence-electron chi connectivity index (χ0n) is 7.40. The smallest absolute Gasteiger partial charge is 0.201 e. The predicted octanol–water partition coefficient (Wildman–Crippen LogP) is 2.82. The first-order chi connectivity index (χ1) is 6.38. The molecule has 0 amide bonds. The van der Waals surface area contributed by atoms with Crippen LogP contribution in [0.1, 0.15) is 29.8 Å². The molecule has 1 atom stereocenters. The fourth-order valence-corrected chi connectivity index (χ4v) is 1.65. The Balaban J connectivity index is 2.09. The molecule has 1 aliphatic carbocycles. The van der Waals surface area contributed by atoms with E-state index in [1.807, 2.05) is 0 Å². The van der Waals surface area contributed by atoms with E-state index < -0.39 is 0 Å². The van der Waals surface area contributed by atoms with E-state index in [9.17, 15) is 4.79 Å². The maximum Gasteiger partial charge on any atom is 0.201 e. The van der Waals surface area contributed by atoms with Crippen molar-refractivity contribution < 1.29 is 9.21 Å². The zero-order chi connectivity index (χ0) is 9.10. The van der Waals surface area contributed by atoms with Gasteiger partial charge < -0.3 is 4.42 Å². The third-order valence-corrected chi connectivity index (χ3v) is 2.40. The Morgan fingerprint density at radius 1 is 1.46 bits per heavy atom. The first kappa shape index (κ1) is 8.30. The van der Waals surface area contributed by atoms with E-state index in [-0.39, 0.29) is 11.7 Å². The molecule has 1 aromatic rings. The molecule has 68 valence electrons. The number of allylic oxidation sites excluding steroid dienone is 2. The maximum absolute atomic E-state index is 11.7. The number of hydrogen-bond donors (Lipinski definition) is 0. The molecule has 0 spiro atoms. The Hall–Kier alpha value is -1.31. The van der Waals surface area contributed by atoms with Crippen LogP contribution >= 0.6 is 0 Å². The summed E-state index contributed by atoms with van der Waals surface area (Å²) in [6, 6.07) is 3.49. The monoisotopic (exact) mass is 176 g/mol. The summed E-state index contributed by atoms with van der Waals surface area (Å²) in [7, 11) is 0. The molecule has 13 heavy (non-hydrogen) atoms. The molecule has 1 aromatic heterocycles. The summed E-state index contributed by atoms with van der Waals surface area (Å²) in [5.41, 5.74) is 0. The molecule has 0 fully saturated rings. The van der Waals surface area contributed by atoms with E-state index in [0.717, 1.165) is 19.3 Å². The van der Waals surface area contributed by atoms with Crippen molar-refractivity contribution in [1.29, 1.82) is 0 Å². The lowest BCUT2D eigenvalue weighted by atomic mass is 9.89. The minimum absolute atomic E-state index is 0.135. The summed E-state index contributed by atoms with van der Waals surface area (Å²) in [4.78, 5) is 11.7. The Labute approximate surface area is 77.2 Å². The third kappa shape index (κ3) is 1.72. The molecule has 1 aliphatic rings. The maximum atomic E-state index is 11.7. The third-order valence-electron chi connectivity index (χ3n) is 2.40. The second-order valence-corrected chi connectivity index (χ2v) is 3.32. The summed E-state index contributed by atoms with van der Waals surface area (Å²) < 4.78 is 5.07. The van der Waals surface area contributed by atoms with Crippen molar-refractivity contribution in [2.24, 2.45) is 5.92 Å². The van der Waals surface area contributed by atoms with Crippen molar-refractivity contribution in [3.8, 4) is 0 Å². The van der Waals surface area contributed by atoms with Gasteiger partial charge in [0.2, 0.25) is 5.78 Å². The van der Waals surface area contributed by atoms with Crippen LogP contribution in [0.4, 0.5) is 0 Å². The lowest BCUT2D eigenvalue weighted by molar-refractivity contribution is 0.0884. The molecule has 0 aliphatic heterocycles. The summed E-state index contributed by atoms with van der Waals surface area (Å²) in [6.07, 6.45) is 8.58. The predicted molar refractivity (Wildman–Crippen MR) is 49.5 cm³/mol. The van der Waals surface area contributed by atoms with Crippen LogP contribution < -0.4 is 0 Å². The molecule has 0 saturated carbocycles. The molecule has 0 saturated heterocycles. The van der Waals surface area contributed by atoms with Crippen LogP contribution in [0.5, 0.6) is 0 Å². The van der Waals surface area contributed by atoms with Gasteiger partial charge in [-0.15, -0.1) is 0 Å². The summed E-state index contributed by atoms with van der Waals surface area (Å²) in [5.74, 6) is 0.783. The van der Waals surface area contributed by atoms with Crippen LogP contribution in [0.2, 0.25) is 0 Å².